The smallest absolute Gasteiger partial charge is 0.145 e. The summed E-state index contributed by atoms with van der Waals surface area (Å²) < 4.78 is 0. The molecule has 194 valence electrons. The summed E-state index contributed by atoms with van der Waals surface area (Å²) in [6, 6.07) is 0. The molecule has 34 heavy (non-hydrogen) atoms. The molecular weight excluding hydrogens is 420 g/mol. The van der Waals surface area contributed by atoms with Gasteiger partial charge in [-0.2, -0.15) is 0 Å². The van der Waals surface area contributed by atoms with Gasteiger partial charge in [0.25, 0.3) is 0 Å². The van der Waals surface area contributed by atoms with E-state index in [1.807, 2.05) is 13.8 Å². The summed E-state index contributed by atoms with van der Waals surface area (Å²) in [4.78, 5) is 11.6. The van der Waals surface area contributed by atoms with Crippen molar-refractivity contribution in [3.63, 3.8) is 0 Å². The number of aldehydes is 1. The van der Waals surface area contributed by atoms with Crippen LogP contribution in [-0.2, 0) is 4.79 Å². The van der Waals surface area contributed by atoms with Crippen LogP contribution >= 0.6 is 0 Å². The van der Waals surface area contributed by atoms with Crippen molar-refractivity contribution in [2.75, 3.05) is 6.61 Å². The van der Waals surface area contributed by atoms with Gasteiger partial charge in [-0.05, 0) is 114 Å². The van der Waals surface area contributed by atoms with E-state index in [1.165, 1.54) is 24.0 Å². The van der Waals surface area contributed by atoms with Gasteiger partial charge in [-0.1, -0.05) is 56.6 Å². The molecule has 2 aliphatic carbocycles. The second kappa shape index (κ2) is 11.7. The van der Waals surface area contributed by atoms with E-state index in [9.17, 15) is 15.0 Å². The second-order valence-corrected chi connectivity index (χ2v) is 12.5. The lowest BCUT2D eigenvalue weighted by atomic mass is 9.54. The van der Waals surface area contributed by atoms with Gasteiger partial charge in [-0.25, -0.2) is 0 Å². The summed E-state index contributed by atoms with van der Waals surface area (Å²) in [6.45, 7) is 18.0. The Morgan fingerprint density at radius 3 is 2.44 bits per heavy atom. The van der Waals surface area contributed by atoms with Crippen molar-refractivity contribution < 1.29 is 15.0 Å². The molecule has 2 rings (SSSR count). The Balaban J connectivity index is 2.14. The molecule has 5 atom stereocenters. The van der Waals surface area contributed by atoms with Crippen molar-refractivity contribution in [1.29, 1.82) is 0 Å². The van der Waals surface area contributed by atoms with E-state index >= 15 is 0 Å². The van der Waals surface area contributed by atoms with Gasteiger partial charge in [-0.15, -0.1) is 0 Å². The minimum atomic E-state index is -0.786. The maximum atomic E-state index is 11.6. The SMILES string of the molecule is CC1=CCC(C)C(C)(C)C1CC/C(C)=C/CCC1(C)C(CCCO)/C(=C(\C)C=O)CCC1(C)O. The highest BCUT2D eigenvalue weighted by Crippen LogP contribution is 2.55. The first-order chi connectivity index (χ1) is 15.8. The van der Waals surface area contributed by atoms with E-state index in [4.69, 9.17) is 0 Å². The lowest BCUT2D eigenvalue weighted by molar-refractivity contribution is -0.115. The van der Waals surface area contributed by atoms with Gasteiger partial charge in [0.1, 0.15) is 6.29 Å². The highest BCUT2D eigenvalue weighted by atomic mass is 16.3. The molecule has 3 nitrogen and oxygen atoms in total. The standard InChI is InChI=1S/C31H52O3/c1-22(13-16-27-23(2)14-15-25(4)29(27,5)6)11-9-18-30(7)28(12-10-20-32)26(24(3)21-33)17-19-31(30,8)34/h11,14,21,25,27-28,32,34H,9-10,12-13,15-20H2,1-8H3/b22-11+,26-24+. The molecule has 0 aliphatic heterocycles. The van der Waals surface area contributed by atoms with E-state index in [2.05, 4.69) is 53.7 Å². The molecule has 0 aromatic rings. The Hall–Kier alpha value is -1.19. The molecule has 1 saturated carbocycles. The minimum absolute atomic E-state index is 0.125. The van der Waals surface area contributed by atoms with Gasteiger partial charge >= 0.3 is 0 Å². The maximum absolute atomic E-state index is 11.6. The molecule has 1 fully saturated rings. The topological polar surface area (TPSA) is 57.5 Å². The summed E-state index contributed by atoms with van der Waals surface area (Å²) in [5, 5.41) is 21.0. The number of aliphatic hydroxyl groups excluding tert-OH is 1. The van der Waals surface area contributed by atoms with Crippen LogP contribution in [0.2, 0.25) is 0 Å². The van der Waals surface area contributed by atoms with Gasteiger partial charge in [0.15, 0.2) is 0 Å². The molecule has 5 unspecified atom stereocenters. The number of carbonyl (C=O) groups excluding carboxylic acids is 1. The largest absolute Gasteiger partial charge is 0.396 e. The van der Waals surface area contributed by atoms with Crippen LogP contribution in [0.15, 0.2) is 34.4 Å². The van der Waals surface area contributed by atoms with Gasteiger partial charge in [-0.3, -0.25) is 4.79 Å². The summed E-state index contributed by atoms with van der Waals surface area (Å²) in [5.74, 6) is 1.48. The Morgan fingerprint density at radius 1 is 1.15 bits per heavy atom. The van der Waals surface area contributed by atoms with E-state index in [-0.39, 0.29) is 17.9 Å². The van der Waals surface area contributed by atoms with E-state index in [0.29, 0.717) is 30.1 Å². The van der Waals surface area contributed by atoms with E-state index in [0.717, 1.165) is 44.0 Å². The molecule has 2 N–H and O–H groups in total. The second-order valence-electron chi connectivity index (χ2n) is 12.5. The minimum Gasteiger partial charge on any atom is -0.396 e. The van der Waals surface area contributed by atoms with Crippen LogP contribution in [0.1, 0.15) is 113 Å². The summed E-state index contributed by atoms with van der Waals surface area (Å²) in [7, 11) is 0. The number of allylic oxidation sites excluding steroid dienone is 6. The normalized spacial score (nSPS) is 35.6. The Morgan fingerprint density at radius 2 is 1.82 bits per heavy atom. The molecule has 0 spiro atoms. The molecule has 3 heteroatoms. The zero-order chi connectivity index (χ0) is 25.7. The molecule has 0 aromatic carbocycles. The average molecular weight is 473 g/mol. The van der Waals surface area contributed by atoms with Gasteiger partial charge < -0.3 is 10.2 Å². The van der Waals surface area contributed by atoms with Crippen molar-refractivity contribution in [2.24, 2.45) is 28.6 Å². The summed E-state index contributed by atoms with van der Waals surface area (Å²) >= 11 is 0. The molecule has 0 aromatic heterocycles. The van der Waals surface area contributed by atoms with Crippen LogP contribution in [0.4, 0.5) is 0 Å². The molecule has 0 heterocycles. The number of hydrogen-bond acceptors (Lipinski definition) is 3. The molecule has 0 saturated heterocycles. The first-order valence-electron chi connectivity index (χ1n) is 13.6. The third-order valence-corrected chi connectivity index (χ3v) is 10.1. The summed E-state index contributed by atoms with van der Waals surface area (Å²) in [5.41, 5.74) is 4.22. The molecular formula is C31H52O3. The number of rotatable bonds is 10. The fourth-order valence-electron chi connectivity index (χ4n) is 6.81. The molecule has 0 amide bonds. The zero-order valence-corrected chi connectivity index (χ0v) is 23.3. The van der Waals surface area contributed by atoms with Gasteiger partial charge in [0.2, 0.25) is 0 Å². The van der Waals surface area contributed by atoms with Crippen LogP contribution in [-0.4, -0.2) is 28.7 Å². The lowest BCUT2D eigenvalue weighted by Crippen LogP contribution is -2.52. The van der Waals surface area contributed by atoms with Crippen molar-refractivity contribution >= 4 is 6.29 Å². The van der Waals surface area contributed by atoms with E-state index < -0.39 is 5.60 Å². The fourth-order valence-corrected chi connectivity index (χ4v) is 6.81. The van der Waals surface area contributed by atoms with E-state index in [1.54, 1.807) is 5.57 Å². The monoisotopic (exact) mass is 472 g/mol. The fraction of sp³-hybridized carbons (Fsp3) is 0.774. The molecule has 0 bridgehead atoms. The molecule has 0 radical (unpaired) electrons. The van der Waals surface area contributed by atoms with Crippen molar-refractivity contribution in [3.05, 3.63) is 34.4 Å². The Kier molecular flexibility index (Phi) is 9.99. The molecule has 2 aliphatic rings. The number of carbonyl (C=O) groups is 1. The van der Waals surface area contributed by atoms with Crippen LogP contribution in [0, 0.1) is 28.6 Å². The zero-order valence-electron chi connectivity index (χ0n) is 23.3. The third kappa shape index (κ3) is 6.13. The van der Waals surface area contributed by atoms with Crippen LogP contribution in [0.25, 0.3) is 0 Å². The van der Waals surface area contributed by atoms with Crippen molar-refractivity contribution in [3.8, 4) is 0 Å². The Labute approximate surface area is 209 Å². The van der Waals surface area contributed by atoms with Gasteiger partial charge in [0, 0.05) is 12.0 Å². The Bertz CT molecular complexity index is 797. The maximum Gasteiger partial charge on any atom is 0.145 e. The summed E-state index contributed by atoms with van der Waals surface area (Å²) in [6.07, 6.45) is 14.1. The van der Waals surface area contributed by atoms with Crippen molar-refractivity contribution in [2.45, 2.75) is 119 Å². The number of aliphatic hydroxyl groups is 2. The highest BCUT2D eigenvalue weighted by molar-refractivity contribution is 5.74. The quantitative estimate of drug-likeness (QED) is 0.196. The predicted molar refractivity (Wildman–Crippen MR) is 144 cm³/mol. The van der Waals surface area contributed by atoms with Crippen LogP contribution < -0.4 is 0 Å². The van der Waals surface area contributed by atoms with Crippen LogP contribution in [0.5, 0.6) is 0 Å². The van der Waals surface area contributed by atoms with Crippen molar-refractivity contribution in [1.82, 2.24) is 0 Å². The first-order valence-corrected chi connectivity index (χ1v) is 13.6. The number of hydrogen-bond donors (Lipinski definition) is 2. The van der Waals surface area contributed by atoms with Crippen LogP contribution in [0.3, 0.4) is 0 Å². The third-order valence-electron chi connectivity index (χ3n) is 10.1. The first kappa shape index (κ1) is 29.0. The lowest BCUT2D eigenvalue weighted by Gasteiger charge is -2.53. The van der Waals surface area contributed by atoms with Gasteiger partial charge in [0.05, 0.1) is 5.60 Å². The average Bonchev–Trinajstić information content (AvgIpc) is 2.77. The predicted octanol–water partition coefficient (Wildman–Crippen LogP) is 7.58. The highest BCUT2D eigenvalue weighted by Gasteiger charge is 2.52.